The SMILES string of the molecule is C=CNCCNC(=O)Cc1cn(C)c2ccccc12.CCC.CCc1cccc(C(F)(F)F)c1. The number of aromatic nitrogens is 1. The zero-order chi connectivity index (χ0) is 25.6. The molecule has 2 N–H and O–H groups in total. The molecule has 0 atom stereocenters. The lowest BCUT2D eigenvalue weighted by Gasteiger charge is -2.06. The van der Waals surface area contributed by atoms with E-state index in [0.29, 0.717) is 31.5 Å². The molecule has 0 fully saturated rings. The molecule has 0 aliphatic rings. The standard InChI is InChI=1S/C15H19N3O.C9H9F3.C3H8/c1-3-16-8-9-17-15(19)10-12-11-18(2)14-7-5-4-6-13(12)14;1-2-7-4-3-5-8(6-7)9(10,11)12;1-3-2/h3-7,11,16H,1,8-10H2,2H3,(H,17,19);3-6H,2H2,1H3;3H2,1-2H3. The lowest BCUT2D eigenvalue weighted by Crippen LogP contribution is -2.31. The van der Waals surface area contributed by atoms with Gasteiger partial charge in [0, 0.05) is 37.2 Å². The lowest BCUT2D eigenvalue weighted by molar-refractivity contribution is -0.137. The summed E-state index contributed by atoms with van der Waals surface area (Å²) >= 11 is 0. The Morgan fingerprint density at radius 2 is 1.74 bits per heavy atom. The monoisotopic (exact) mass is 475 g/mol. The van der Waals surface area contributed by atoms with Crippen molar-refractivity contribution in [3.8, 4) is 0 Å². The third kappa shape index (κ3) is 9.73. The van der Waals surface area contributed by atoms with Crippen LogP contribution in [0.4, 0.5) is 13.2 Å². The molecule has 4 nitrogen and oxygen atoms in total. The summed E-state index contributed by atoms with van der Waals surface area (Å²) in [6.45, 7) is 10.9. The van der Waals surface area contributed by atoms with Crippen LogP contribution in [-0.2, 0) is 30.9 Å². The summed E-state index contributed by atoms with van der Waals surface area (Å²) in [5.41, 5.74) is 2.36. The molecule has 1 amide bonds. The van der Waals surface area contributed by atoms with Gasteiger partial charge in [0.25, 0.3) is 0 Å². The van der Waals surface area contributed by atoms with Crippen molar-refractivity contribution in [3.63, 3.8) is 0 Å². The predicted octanol–water partition coefficient (Wildman–Crippen LogP) is 6.25. The molecule has 0 aliphatic carbocycles. The van der Waals surface area contributed by atoms with Crippen molar-refractivity contribution in [2.75, 3.05) is 13.1 Å². The second-order valence-corrected chi connectivity index (χ2v) is 7.73. The van der Waals surface area contributed by atoms with Crippen LogP contribution in [0.1, 0.15) is 43.9 Å². The molecule has 3 rings (SSSR count). The van der Waals surface area contributed by atoms with E-state index in [-0.39, 0.29) is 5.91 Å². The Hall–Kier alpha value is -3.22. The number of hydrogen-bond donors (Lipinski definition) is 2. The fourth-order valence-corrected chi connectivity index (χ4v) is 3.15. The van der Waals surface area contributed by atoms with Crippen molar-refractivity contribution in [3.05, 3.63) is 84.2 Å². The highest BCUT2D eigenvalue weighted by Crippen LogP contribution is 2.29. The highest BCUT2D eigenvalue weighted by molar-refractivity contribution is 5.89. The number of carbonyl (C=O) groups is 1. The maximum atomic E-state index is 12.1. The summed E-state index contributed by atoms with van der Waals surface area (Å²) in [6, 6.07) is 13.5. The van der Waals surface area contributed by atoms with Gasteiger partial charge in [-0.3, -0.25) is 4.79 Å². The Bertz CT molecular complexity index is 1030. The molecule has 34 heavy (non-hydrogen) atoms. The van der Waals surface area contributed by atoms with Gasteiger partial charge in [0.15, 0.2) is 0 Å². The fourth-order valence-electron chi connectivity index (χ4n) is 3.15. The number of halogens is 3. The molecule has 0 aliphatic heterocycles. The zero-order valence-corrected chi connectivity index (χ0v) is 20.5. The number of nitrogens with zero attached hydrogens (tertiary/aromatic N) is 1. The highest BCUT2D eigenvalue weighted by atomic mass is 19.4. The average molecular weight is 476 g/mol. The van der Waals surface area contributed by atoms with Crippen molar-refractivity contribution in [2.24, 2.45) is 7.05 Å². The molecule has 0 saturated heterocycles. The number of benzene rings is 2. The molecule has 2 aromatic carbocycles. The van der Waals surface area contributed by atoms with Crippen LogP contribution in [0, 0.1) is 0 Å². The molecule has 186 valence electrons. The third-order valence-corrected chi connectivity index (χ3v) is 4.73. The molecular weight excluding hydrogens is 439 g/mol. The Labute approximate surface area is 200 Å². The van der Waals surface area contributed by atoms with Crippen LogP contribution < -0.4 is 10.6 Å². The molecule has 7 heteroatoms. The average Bonchev–Trinajstić information content (AvgIpc) is 3.12. The van der Waals surface area contributed by atoms with Gasteiger partial charge in [-0.1, -0.05) is 70.2 Å². The smallest absolute Gasteiger partial charge is 0.390 e. The molecule has 3 aromatic rings. The van der Waals surface area contributed by atoms with Crippen molar-refractivity contribution >= 4 is 16.8 Å². The molecule has 0 bridgehead atoms. The van der Waals surface area contributed by atoms with Gasteiger partial charge in [0.1, 0.15) is 0 Å². The minimum atomic E-state index is -4.22. The van der Waals surface area contributed by atoms with Crippen LogP contribution in [0.5, 0.6) is 0 Å². The number of hydrogen-bond acceptors (Lipinski definition) is 2. The van der Waals surface area contributed by atoms with E-state index in [4.69, 9.17) is 0 Å². The quantitative estimate of drug-likeness (QED) is 0.397. The van der Waals surface area contributed by atoms with Gasteiger partial charge in [-0.15, -0.1) is 0 Å². The molecule has 0 spiro atoms. The number of carbonyl (C=O) groups excluding carboxylic acids is 1. The third-order valence-electron chi connectivity index (χ3n) is 4.73. The summed E-state index contributed by atoms with van der Waals surface area (Å²) in [5.74, 6) is 0.0437. The van der Waals surface area contributed by atoms with Crippen LogP contribution >= 0.6 is 0 Å². The van der Waals surface area contributed by atoms with Gasteiger partial charge in [0.2, 0.25) is 5.91 Å². The Kier molecular flexibility index (Phi) is 12.6. The van der Waals surface area contributed by atoms with Gasteiger partial charge in [-0.25, -0.2) is 0 Å². The van der Waals surface area contributed by atoms with Crippen molar-refractivity contribution < 1.29 is 18.0 Å². The van der Waals surface area contributed by atoms with Crippen LogP contribution in [0.2, 0.25) is 0 Å². The summed E-state index contributed by atoms with van der Waals surface area (Å²) < 4.78 is 38.4. The van der Waals surface area contributed by atoms with E-state index in [2.05, 4.69) is 47.8 Å². The minimum absolute atomic E-state index is 0.0437. The molecule has 1 heterocycles. The van der Waals surface area contributed by atoms with Crippen molar-refractivity contribution in [1.29, 1.82) is 0 Å². The summed E-state index contributed by atoms with van der Waals surface area (Å²) in [4.78, 5) is 11.9. The number of aryl methyl sites for hydroxylation is 2. The van der Waals surface area contributed by atoms with Gasteiger partial charge in [-0.05, 0) is 35.9 Å². The maximum absolute atomic E-state index is 12.1. The van der Waals surface area contributed by atoms with Crippen molar-refractivity contribution in [2.45, 2.75) is 46.2 Å². The van der Waals surface area contributed by atoms with Gasteiger partial charge < -0.3 is 15.2 Å². The van der Waals surface area contributed by atoms with E-state index in [1.165, 1.54) is 18.6 Å². The number of para-hydroxylation sites is 1. The highest BCUT2D eigenvalue weighted by Gasteiger charge is 2.30. The van der Waals surface area contributed by atoms with Gasteiger partial charge >= 0.3 is 6.18 Å². The van der Waals surface area contributed by atoms with Crippen molar-refractivity contribution in [1.82, 2.24) is 15.2 Å². The van der Waals surface area contributed by atoms with E-state index < -0.39 is 11.7 Å². The summed E-state index contributed by atoms with van der Waals surface area (Å²) in [6.07, 6.45) is 1.72. The Balaban J connectivity index is 0.000000330. The normalized spacial score (nSPS) is 10.4. The summed E-state index contributed by atoms with van der Waals surface area (Å²) in [7, 11) is 2.00. The van der Waals surface area contributed by atoms with E-state index in [9.17, 15) is 18.0 Å². The fraction of sp³-hybridized carbons (Fsp3) is 0.370. The second-order valence-electron chi connectivity index (χ2n) is 7.73. The number of alkyl halides is 3. The number of fused-ring (bicyclic) bond motifs is 1. The number of amides is 1. The van der Waals surface area contributed by atoms with Crippen LogP contribution in [0.25, 0.3) is 10.9 Å². The summed E-state index contributed by atoms with van der Waals surface area (Å²) in [5, 5.41) is 6.97. The topological polar surface area (TPSA) is 46.1 Å². The first-order valence-corrected chi connectivity index (χ1v) is 11.5. The Morgan fingerprint density at radius 3 is 2.35 bits per heavy atom. The largest absolute Gasteiger partial charge is 0.416 e. The second kappa shape index (κ2) is 14.8. The van der Waals surface area contributed by atoms with E-state index in [1.807, 2.05) is 32.3 Å². The van der Waals surface area contributed by atoms with Gasteiger partial charge in [0.05, 0.1) is 12.0 Å². The predicted molar refractivity (Wildman–Crippen MR) is 135 cm³/mol. The van der Waals surface area contributed by atoms with E-state index >= 15 is 0 Å². The van der Waals surface area contributed by atoms with Crippen LogP contribution in [0.3, 0.4) is 0 Å². The van der Waals surface area contributed by atoms with E-state index in [1.54, 1.807) is 12.3 Å². The number of rotatable bonds is 7. The van der Waals surface area contributed by atoms with E-state index in [0.717, 1.165) is 22.5 Å². The first kappa shape index (κ1) is 28.8. The maximum Gasteiger partial charge on any atom is 0.416 e. The molecule has 0 unspecified atom stereocenters. The first-order chi connectivity index (χ1) is 16.2. The molecule has 0 saturated carbocycles. The Morgan fingerprint density at radius 1 is 1.06 bits per heavy atom. The lowest BCUT2D eigenvalue weighted by atomic mass is 10.1. The molecule has 0 radical (unpaired) electrons. The van der Waals surface area contributed by atoms with Gasteiger partial charge in [-0.2, -0.15) is 13.2 Å². The minimum Gasteiger partial charge on any atom is -0.390 e. The molecule has 1 aromatic heterocycles. The first-order valence-electron chi connectivity index (χ1n) is 11.5. The van der Waals surface area contributed by atoms with Crippen LogP contribution in [0.15, 0.2) is 67.5 Å². The molecular formula is C27H36F3N3O. The number of nitrogens with one attached hydrogen (secondary N) is 2. The zero-order valence-electron chi connectivity index (χ0n) is 20.5. The van der Waals surface area contributed by atoms with Crippen LogP contribution in [-0.4, -0.2) is 23.6 Å².